The van der Waals surface area contributed by atoms with Gasteiger partial charge in [0.15, 0.2) is 17.4 Å². The van der Waals surface area contributed by atoms with Crippen molar-refractivity contribution in [1.82, 2.24) is 0 Å². The highest BCUT2D eigenvalue weighted by Gasteiger charge is 1.92. The number of rotatable bonds is 3. The van der Waals surface area contributed by atoms with Crippen molar-refractivity contribution in [3.8, 4) is 0 Å². The van der Waals surface area contributed by atoms with Crippen molar-refractivity contribution < 1.29 is 9.53 Å². The Bertz CT molecular complexity index is 97.6. The fourth-order valence-electron chi connectivity index (χ4n) is 0.259. The number of hydrogen-bond donors (Lipinski definition) is 0. The Hall–Kier alpha value is -0.518. The Labute approximate surface area is 65.3 Å². The second-order valence-electron chi connectivity index (χ2n) is 1.15. The molecule has 0 aromatic heterocycles. The third-order valence-electron chi connectivity index (χ3n) is 0.526. The van der Waals surface area contributed by atoms with Crippen LogP contribution in [0.1, 0.15) is 6.42 Å². The fraction of sp³-hybridized carbons (Fsp3) is 0.167. The number of carbonyl (C=O) groups excluding carboxylic acids is 1. The zero-order chi connectivity index (χ0) is 6.41. The first-order valence-corrected chi connectivity index (χ1v) is 2.22. The summed E-state index contributed by atoms with van der Waals surface area (Å²) in [6.07, 6.45) is 2.82. The van der Waals surface area contributed by atoms with Crippen molar-refractivity contribution in [3.63, 3.8) is 0 Å². The van der Waals surface area contributed by atoms with E-state index in [1.165, 1.54) is 6.08 Å². The van der Waals surface area contributed by atoms with E-state index >= 15 is 0 Å². The molecule has 0 spiro atoms. The lowest BCUT2D eigenvalue weighted by atomic mass is 10.4. The highest BCUT2D eigenvalue weighted by Crippen LogP contribution is 1.84. The van der Waals surface area contributed by atoms with Crippen LogP contribution >= 0.6 is 0 Å². The van der Waals surface area contributed by atoms with Crippen molar-refractivity contribution >= 4 is 23.3 Å². The van der Waals surface area contributed by atoms with Crippen LogP contribution in [0.2, 0.25) is 0 Å². The predicted octanol–water partition coefficient (Wildman–Crippen LogP) is 0.0653. The maximum atomic E-state index is 10.3. The zero-order valence-electron chi connectivity index (χ0n) is 4.59. The molecule has 3 heteroatoms. The average Bonchev–Trinajstić information content (AvgIpc) is 1.68. The minimum absolute atomic E-state index is 0. The molecule has 0 saturated carbocycles. The van der Waals surface area contributed by atoms with Gasteiger partial charge >= 0.3 is 5.97 Å². The second-order valence-corrected chi connectivity index (χ2v) is 1.15. The van der Waals surface area contributed by atoms with Crippen LogP contribution in [0.25, 0.3) is 0 Å². The van der Waals surface area contributed by atoms with Gasteiger partial charge in [-0.2, -0.15) is 0 Å². The van der Waals surface area contributed by atoms with Gasteiger partial charge < -0.3 is 4.74 Å². The first kappa shape index (κ1) is 11.3. The molecule has 0 aromatic rings. The van der Waals surface area contributed by atoms with Gasteiger partial charge in [0.25, 0.3) is 0 Å². The summed E-state index contributed by atoms with van der Waals surface area (Å²) in [4.78, 5) is 10.3. The molecule has 0 bridgehead atoms. The smallest absolute Gasteiger partial charge is 0.314 e. The SMILES string of the molecule is C=CCC(=O)OC=C.[AlH3]. The molecule has 0 heterocycles. The Kier molecular flexibility index (Phi) is 9.40. The first-order valence-electron chi connectivity index (χ1n) is 2.22. The van der Waals surface area contributed by atoms with Gasteiger partial charge in [0.1, 0.15) is 0 Å². The number of esters is 1. The molecule has 9 heavy (non-hydrogen) atoms. The van der Waals surface area contributed by atoms with Crippen LogP contribution in [0, 0.1) is 0 Å². The van der Waals surface area contributed by atoms with E-state index in [-0.39, 0.29) is 29.8 Å². The second kappa shape index (κ2) is 7.48. The molecular formula is C6H11AlO2. The van der Waals surface area contributed by atoms with Crippen LogP contribution in [-0.2, 0) is 9.53 Å². The molecule has 0 unspecified atom stereocenters. The van der Waals surface area contributed by atoms with Crippen molar-refractivity contribution in [3.05, 3.63) is 25.5 Å². The van der Waals surface area contributed by atoms with Gasteiger partial charge in [-0.15, -0.1) is 6.58 Å². The van der Waals surface area contributed by atoms with Gasteiger partial charge in [-0.1, -0.05) is 12.7 Å². The topological polar surface area (TPSA) is 26.3 Å². The van der Waals surface area contributed by atoms with Crippen molar-refractivity contribution in [2.75, 3.05) is 0 Å². The molecular weight excluding hydrogens is 131 g/mol. The third kappa shape index (κ3) is 7.48. The molecule has 0 aliphatic rings. The van der Waals surface area contributed by atoms with Crippen LogP contribution in [-0.4, -0.2) is 23.3 Å². The van der Waals surface area contributed by atoms with Crippen molar-refractivity contribution in [2.45, 2.75) is 6.42 Å². The molecule has 2 nitrogen and oxygen atoms in total. The van der Waals surface area contributed by atoms with Gasteiger partial charge in [-0.3, -0.25) is 4.79 Å². The molecule has 0 rings (SSSR count). The van der Waals surface area contributed by atoms with Gasteiger partial charge in [-0.25, -0.2) is 0 Å². The average molecular weight is 142 g/mol. The molecule has 0 radical (unpaired) electrons. The minimum Gasteiger partial charge on any atom is -0.435 e. The lowest BCUT2D eigenvalue weighted by Gasteiger charge is -1.89. The van der Waals surface area contributed by atoms with E-state index in [1.54, 1.807) is 0 Å². The molecule has 0 amide bonds. The summed E-state index contributed by atoms with van der Waals surface area (Å²) in [5.41, 5.74) is 0. The molecule has 0 fully saturated rings. The Morgan fingerprint density at radius 2 is 2.11 bits per heavy atom. The summed E-state index contributed by atoms with van der Waals surface area (Å²) in [5.74, 6) is -0.324. The van der Waals surface area contributed by atoms with E-state index in [0.29, 0.717) is 0 Å². The van der Waals surface area contributed by atoms with E-state index in [2.05, 4.69) is 17.9 Å². The van der Waals surface area contributed by atoms with Crippen LogP contribution in [0.15, 0.2) is 25.5 Å². The summed E-state index contributed by atoms with van der Waals surface area (Å²) in [7, 11) is 0. The predicted molar refractivity (Wildman–Crippen MR) is 41.0 cm³/mol. The summed E-state index contributed by atoms with van der Waals surface area (Å²) >= 11 is 0. The Balaban J connectivity index is 0. The molecule has 0 N–H and O–H groups in total. The molecule has 0 saturated heterocycles. The number of carbonyl (C=O) groups is 1. The van der Waals surface area contributed by atoms with Crippen LogP contribution in [0.3, 0.4) is 0 Å². The zero-order valence-corrected chi connectivity index (χ0v) is 4.59. The molecule has 0 aromatic carbocycles. The molecule has 0 aliphatic carbocycles. The normalized spacial score (nSPS) is 6.67. The minimum atomic E-state index is -0.324. The molecule has 0 aliphatic heterocycles. The summed E-state index contributed by atoms with van der Waals surface area (Å²) in [6, 6.07) is 0. The monoisotopic (exact) mass is 142 g/mol. The summed E-state index contributed by atoms with van der Waals surface area (Å²) in [5, 5.41) is 0. The summed E-state index contributed by atoms with van der Waals surface area (Å²) in [6.45, 7) is 6.55. The van der Waals surface area contributed by atoms with E-state index in [4.69, 9.17) is 0 Å². The van der Waals surface area contributed by atoms with Crippen LogP contribution in [0.5, 0.6) is 0 Å². The van der Waals surface area contributed by atoms with Crippen LogP contribution in [0.4, 0.5) is 0 Å². The van der Waals surface area contributed by atoms with Gasteiger partial charge in [-0.05, 0) is 0 Å². The third-order valence-corrected chi connectivity index (χ3v) is 0.526. The van der Waals surface area contributed by atoms with Gasteiger partial charge in [0.05, 0.1) is 12.7 Å². The molecule has 50 valence electrons. The quantitative estimate of drug-likeness (QED) is 0.241. The highest BCUT2D eigenvalue weighted by molar-refractivity contribution is 5.75. The van der Waals surface area contributed by atoms with E-state index in [9.17, 15) is 4.79 Å². The lowest BCUT2D eigenvalue weighted by Crippen LogP contribution is -1.95. The maximum absolute atomic E-state index is 10.3. The van der Waals surface area contributed by atoms with E-state index in [0.717, 1.165) is 6.26 Å². The molecule has 0 atom stereocenters. The number of hydrogen-bond acceptors (Lipinski definition) is 2. The fourth-order valence-corrected chi connectivity index (χ4v) is 0.259. The van der Waals surface area contributed by atoms with Gasteiger partial charge in [0, 0.05) is 0 Å². The van der Waals surface area contributed by atoms with Crippen molar-refractivity contribution in [2.24, 2.45) is 0 Å². The maximum Gasteiger partial charge on any atom is 0.314 e. The van der Waals surface area contributed by atoms with E-state index in [1.807, 2.05) is 0 Å². The summed E-state index contributed by atoms with van der Waals surface area (Å²) < 4.78 is 4.34. The highest BCUT2D eigenvalue weighted by atomic mass is 27.0. The number of ether oxygens (including phenoxy) is 1. The Morgan fingerprint density at radius 3 is 2.44 bits per heavy atom. The largest absolute Gasteiger partial charge is 0.435 e. The van der Waals surface area contributed by atoms with E-state index < -0.39 is 0 Å². The van der Waals surface area contributed by atoms with Gasteiger partial charge in [0.2, 0.25) is 0 Å². The lowest BCUT2D eigenvalue weighted by molar-refractivity contribution is -0.136. The van der Waals surface area contributed by atoms with Crippen molar-refractivity contribution in [1.29, 1.82) is 0 Å². The first-order chi connectivity index (χ1) is 3.81. The standard InChI is InChI=1S/C6H8O2.Al.3H/c1-3-5-6(7)8-4-2;;;;/h3-4H,1-2,5H2;;;;. The Morgan fingerprint density at radius 1 is 1.56 bits per heavy atom. The van der Waals surface area contributed by atoms with Crippen LogP contribution < -0.4 is 0 Å².